The third-order valence-corrected chi connectivity index (χ3v) is 3.64. The maximum absolute atomic E-state index is 14.0. The number of hydrogen-bond donors (Lipinski definition) is 2. The van der Waals surface area contributed by atoms with Gasteiger partial charge in [-0.25, -0.2) is 17.2 Å². The van der Waals surface area contributed by atoms with Crippen LogP contribution >= 0.6 is 0 Å². The van der Waals surface area contributed by atoms with Crippen LogP contribution in [0.4, 0.5) is 14.5 Å². The van der Waals surface area contributed by atoms with Gasteiger partial charge in [0.15, 0.2) is 0 Å². The van der Waals surface area contributed by atoms with E-state index in [2.05, 4.69) is 0 Å². The standard InChI is InChI=1S/C15H13F2NO4S/c1-23(21,22)18-13-6-5-10(8-12(13)17)14(15(19)20)9-3-2-4-11(16)7-9/h2-8,14,18H,1H3,(H,19,20). The van der Waals surface area contributed by atoms with Gasteiger partial charge in [0.2, 0.25) is 10.0 Å². The third kappa shape index (κ3) is 4.26. The number of anilines is 1. The van der Waals surface area contributed by atoms with Gasteiger partial charge in [-0.3, -0.25) is 9.52 Å². The summed E-state index contributed by atoms with van der Waals surface area (Å²) in [6.07, 6.45) is 0.868. The monoisotopic (exact) mass is 341 g/mol. The maximum atomic E-state index is 14.0. The van der Waals surface area contributed by atoms with Gasteiger partial charge in [0.1, 0.15) is 17.6 Å². The van der Waals surface area contributed by atoms with Crippen molar-refractivity contribution in [3.8, 4) is 0 Å². The summed E-state index contributed by atoms with van der Waals surface area (Å²) < 4.78 is 51.5. The number of carboxylic acids is 1. The van der Waals surface area contributed by atoms with E-state index in [9.17, 15) is 27.1 Å². The van der Waals surface area contributed by atoms with Gasteiger partial charge in [-0.15, -0.1) is 0 Å². The molecule has 2 aromatic rings. The molecule has 1 atom stereocenters. The van der Waals surface area contributed by atoms with Crippen molar-refractivity contribution >= 4 is 21.7 Å². The molecular formula is C15H13F2NO4S. The zero-order valence-electron chi connectivity index (χ0n) is 12.0. The van der Waals surface area contributed by atoms with Crippen LogP contribution in [0.25, 0.3) is 0 Å². The predicted molar refractivity (Wildman–Crippen MR) is 80.7 cm³/mol. The number of carboxylic acid groups (broad SMARTS) is 1. The molecule has 0 amide bonds. The van der Waals surface area contributed by atoms with Crippen LogP contribution in [0.5, 0.6) is 0 Å². The van der Waals surface area contributed by atoms with Crippen molar-refractivity contribution in [2.45, 2.75) is 5.92 Å². The van der Waals surface area contributed by atoms with E-state index in [1.54, 1.807) is 0 Å². The van der Waals surface area contributed by atoms with Crippen LogP contribution in [0.15, 0.2) is 42.5 Å². The summed E-state index contributed by atoms with van der Waals surface area (Å²) in [4.78, 5) is 11.5. The average Bonchev–Trinajstić information content (AvgIpc) is 2.40. The first kappa shape index (κ1) is 16.9. The SMILES string of the molecule is CS(=O)(=O)Nc1ccc(C(C(=O)O)c2cccc(F)c2)cc1F. The van der Waals surface area contributed by atoms with Gasteiger partial charge in [-0.2, -0.15) is 0 Å². The van der Waals surface area contributed by atoms with Crippen molar-refractivity contribution < 1.29 is 27.1 Å². The number of nitrogens with one attached hydrogen (secondary N) is 1. The molecule has 2 aromatic carbocycles. The molecule has 0 aliphatic heterocycles. The van der Waals surface area contributed by atoms with Gasteiger partial charge < -0.3 is 5.11 Å². The smallest absolute Gasteiger partial charge is 0.315 e. The molecule has 0 heterocycles. The topological polar surface area (TPSA) is 83.5 Å². The van der Waals surface area contributed by atoms with Gasteiger partial charge in [0, 0.05) is 0 Å². The molecule has 0 aliphatic carbocycles. The maximum Gasteiger partial charge on any atom is 0.315 e. The van der Waals surface area contributed by atoms with E-state index in [4.69, 9.17) is 0 Å². The minimum absolute atomic E-state index is 0.0691. The normalized spacial score (nSPS) is 12.7. The Kier molecular flexibility index (Phi) is 4.65. The Bertz CT molecular complexity index is 852. The molecule has 23 heavy (non-hydrogen) atoms. The molecule has 0 fully saturated rings. The number of hydrogen-bond acceptors (Lipinski definition) is 3. The van der Waals surface area contributed by atoms with Gasteiger partial charge in [0.05, 0.1) is 11.9 Å². The molecule has 2 rings (SSSR count). The minimum Gasteiger partial charge on any atom is -0.481 e. The molecule has 0 radical (unpaired) electrons. The lowest BCUT2D eigenvalue weighted by atomic mass is 9.91. The highest BCUT2D eigenvalue weighted by Gasteiger charge is 2.24. The van der Waals surface area contributed by atoms with E-state index in [-0.39, 0.29) is 16.8 Å². The average molecular weight is 341 g/mol. The van der Waals surface area contributed by atoms with Crippen molar-refractivity contribution in [1.29, 1.82) is 0 Å². The Labute approximate surface area is 131 Å². The predicted octanol–water partition coefficient (Wildman–Crippen LogP) is 2.55. The summed E-state index contributed by atoms with van der Waals surface area (Å²) in [5.41, 5.74) is -0.0694. The first-order chi connectivity index (χ1) is 10.7. The Balaban J connectivity index is 2.45. The van der Waals surface area contributed by atoms with Crippen LogP contribution in [0.2, 0.25) is 0 Å². The first-order valence-electron chi connectivity index (χ1n) is 6.43. The lowest BCUT2D eigenvalue weighted by molar-refractivity contribution is -0.137. The molecule has 122 valence electrons. The van der Waals surface area contributed by atoms with Gasteiger partial charge in [0.25, 0.3) is 0 Å². The molecule has 5 nitrogen and oxygen atoms in total. The van der Waals surface area contributed by atoms with Crippen LogP contribution in [0.3, 0.4) is 0 Å². The van der Waals surface area contributed by atoms with E-state index >= 15 is 0 Å². The van der Waals surface area contributed by atoms with Crippen LogP contribution in [0, 0.1) is 11.6 Å². The summed E-state index contributed by atoms with van der Waals surface area (Å²) in [5, 5.41) is 9.36. The van der Waals surface area contributed by atoms with Crippen LogP contribution in [-0.2, 0) is 14.8 Å². The fourth-order valence-electron chi connectivity index (χ4n) is 2.16. The lowest BCUT2D eigenvalue weighted by Crippen LogP contribution is -2.15. The van der Waals surface area contributed by atoms with Crippen molar-refractivity contribution in [2.24, 2.45) is 0 Å². The number of sulfonamides is 1. The number of aliphatic carboxylic acids is 1. The Hall–Kier alpha value is -2.48. The second-order valence-corrected chi connectivity index (χ2v) is 6.69. The summed E-state index contributed by atoms with van der Waals surface area (Å²) >= 11 is 0. The number of halogens is 2. The quantitative estimate of drug-likeness (QED) is 0.875. The van der Waals surface area contributed by atoms with E-state index < -0.39 is 33.5 Å². The van der Waals surface area contributed by atoms with Gasteiger partial charge in [-0.1, -0.05) is 18.2 Å². The number of benzene rings is 2. The Morgan fingerprint density at radius 1 is 1.13 bits per heavy atom. The molecule has 0 spiro atoms. The fourth-order valence-corrected chi connectivity index (χ4v) is 2.72. The Morgan fingerprint density at radius 2 is 1.78 bits per heavy atom. The molecule has 0 aromatic heterocycles. The zero-order chi connectivity index (χ0) is 17.2. The van der Waals surface area contributed by atoms with Crippen LogP contribution in [-0.4, -0.2) is 25.7 Å². The van der Waals surface area contributed by atoms with E-state index in [0.29, 0.717) is 0 Å². The summed E-state index contributed by atoms with van der Waals surface area (Å²) in [6, 6.07) is 8.32. The molecule has 0 aliphatic rings. The van der Waals surface area contributed by atoms with Crippen molar-refractivity contribution in [3.63, 3.8) is 0 Å². The van der Waals surface area contributed by atoms with Crippen molar-refractivity contribution in [2.75, 3.05) is 11.0 Å². The summed E-state index contributed by atoms with van der Waals surface area (Å²) in [5.74, 6) is -4.08. The van der Waals surface area contributed by atoms with Crippen LogP contribution < -0.4 is 4.72 Å². The van der Waals surface area contributed by atoms with Crippen LogP contribution in [0.1, 0.15) is 17.0 Å². The molecule has 0 bridgehead atoms. The molecule has 0 saturated carbocycles. The third-order valence-electron chi connectivity index (χ3n) is 3.05. The minimum atomic E-state index is -3.66. The number of carbonyl (C=O) groups is 1. The van der Waals surface area contributed by atoms with E-state index in [0.717, 1.165) is 24.5 Å². The molecule has 2 N–H and O–H groups in total. The fraction of sp³-hybridized carbons (Fsp3) is 0.133. The lowest BCUT2D eigenvalue weighted by Gasteiger charge is -2.15. The van der Waals surface area contributed by atoms with Gasteiger partial charge >= 0.3 is 5.97 Å². The Morgan fingerprint density at radius 3 is 2.30 bits per heavy atom. The molecule has 8 heteroatoms. The highest BCUT2D eigenvalue weighted by molar-refractivity contribution is 7.92. The van der Waals surface area contributed by atoms with Crippen molar-refractivity contribution in [3.05, 3.63) is 65.2 Å². The van der Waals surface area contributed by atoms with Gasteiger partial charge in [-0.05, 0) is 35.4 Å². The highest BCUT2D eigenvalue weighted by atomic mass is 32.2. The molecule has 1 unspecified atom stereocenters. The first-order valence-corrected chi connectivity index (χ1v) is 8.32. The largest absolute Gasteiger partial charge is 0.481 e. The van der Waals surface area contributed by atoms with Crippen molar-refractivity contribution in [1.82, 2.24) is 0 Å². The molecule has 0 saturated heterocycles. The van der Waals surface area contributed by atoms with E-state index in [1.165, 1.54) is 24.3 Å². The number of rotatable bonds is 5. The highest BCUT2D eigenvalue weighted by Crippen LogP contribution is 2.28. The van der Waals surface area contributed by atoms with E-state index in [1.807, 2.05) is 4.72 Å². The summed E-state index contributed by atoms with van der Waals surface area (Å²) in [7, 11) is -3.66. The molecular weight excluding hydrogens is 328 g/mol. The second-order valence-electron chi connectivity index (χ2n) is 4.94. The zero-order valence-corrected chi connectivity index (χ0v) is 12.8. The second kappa shape index (κ2) is 6.33. The summed E-state index contributed by atoms with van der Waals surface area (Å²) in [6.45, 7) is 0.